The van der Waals surface area contributed by atoms with Crippen molar-refractivity contribution in [3.8, 4) is 22.8 Å². The van der Waals surface area contributed by atoms with E-state index < -0.39 is 29.6 Å². The van der Waals surface area contributed by atoms with Crippen molar-refractivity contribution < 1.29 is 33.0 Å². The minimum atomic E-state index is -1.11. The van der Waals surface area contributed by atoms with Crippen LogP contribution in [0.1, 0.15) is 12.5 Å². The highest BCUT2D eigenvalue weighted by molar-refractivity contribution is 7.14. The lowest BCUT2D eigenvalue weighted by molar-refractivity contribution is -0.148. The molecule has 3 rings (SSSR count). The van der Waals surface area contributed by atoms with Crippen LogP contribution in [0.4, 0.5) is 13.9 Å². The first kappa shape index (κ1) is 22.9. The first-order chi connectivity index (χ1) is 15.3. The summed E-state index contributed by atoms with van der Waals surface area (Å²) in [6.07, 6.45) is 1.47. The van der Waals surface area contributed by atoms with Crippen molar-refractivity contribution in [2.75, 3.05) is 12.4 Å². The third-order valence-corrected chi connectivity index (χ3v) is 4.99. The standard InChI is InChI=1S/C22H18F2N2O5S/c1-12(31-20(28)8-4-13-3-7-18(27)19(9-13)30-2)21(29)26-22-25-17(11-32-22)14-5-6-15(23)16(24)10-14/h3-12,27H,1-2H3,(H,25,26,29). The van der Waals surface area contributed by atoms with E-state index in [2.05, 4.69) is 10.3 Å². The zero-order chi connectivity index (χ0) is 23.3. The Morgan fingerprint density at radius 1 is 1.19 bits per heavy atom. The first-order valence-electron chi connectivity index (χ1n) is 9.24. The minimum Gasteiger partial charge on any atom is -0.504 e. The molecule has 1 aromatic heterocycles. The third kappa shape index (κ3) is 5.67. The number of carbonyl (C=O) groups is 2. The smallest absolute Gasteiger partial charge is 0.331 e. The van der Waals surface area contributed by atoms with E-state index in [9.17, 15) is 23.5 Å². The van der Waals surface area contributed by atoms with Crippen molar-refractivity contribution in [1.29, 1.82) is 0 Å². The molecule has 1 unspecified atom stereocenters. The van der Waals surface area contributed by atoms with Crippen molar-refractivity contribution in [3.63, 3.8) is 0 Å². The number of halogens is 2. The summed E-state index contributed by atoms with van der Waals surface area (Å²) in [4.78, 5) is 28.5. The summed E-state index contributed by atoms with van der Waals surface area (Å²) in [7, 11) is 1.40. The van der Waals surface area contributed by atoms with Gasteiger partial charge in [0.05, 0.1) is 12.8 Å². The second-order valence-electron chi connectivity index (χ2n) is 6.50. The van der Waals surface area contributed by atoms with Crippen LogP contribution in [-0.4, -0.2) is 35.2 Å². The largest absolute Gasteiger partial charge is 0.504 e. The monoisotopic (exact) mass is 460 g/mol. The normalized spacial score (nSPS) is 11.9. The number of benzene rings is 2. The van der Waals surface area contributed by atoms with E-state index in [1.165, 1.54) is 38.3 Å². The molecule has 0 saturated carbocycles. The van der Waals surface area contributed by atoms with Gasteiger partial charge in [-0.15, -0.1) is 11.3 Å². The number of aromatic hydroxyl groups is 1. The number of thiazole rings is 1. The lowest BCUT2D eigenvalue weighted by Gasteiger charge is -2.10. The number of amides is 1. The minimum absolute atomic E-state index is 0.0348. The van der Waals surface area contributed by atoms with Crippen LogP contribution in [0.3, 0.4) is 0 Å². The molecule has 0 aliphatic heterocycles. The number of hydrogen-bond donors (Lipinski definition) is 2. The Hall–Kier alpha value is -3.79. The Balaban J connectivity index is 1.57. The van der Waals surface area contributed by atoms with Gasteiger partial charge in [0.2, 0.25) is 0 Å². The predicted molar refractivity (Wildman–Crippen MR) is 115 cm³/mol. The molecule has 3 aromatic rings. The maximum atomic E-state index is 13.4. The van der Waals surface area contributed by atoms with Crippen LogP contribution in [0, 0.1) is 11.6 Å². The molecule has 1 atom stereocenters. The number of nitrogens with one attached hydrogen (secondary N) is 1. The number of methoxy groups -OCH3 is 1. The Bertz CT molecular complexity index is 1180. The van der Waals surface area contributed by atoms with Gasteiger partial charge in [-0.25, -0.2) is 18.6 Å². The Labute approximate surface area is 185 Å². The highest BCUT2D eigenvalue weighted by Crippen LogP contribution is 2.27. The van der Waals surface area contributed by atoms with Gasteiger partial charge in [-0.3, -0.25) is 10.1 Å². The fourth-order valence-corrected chi connectivity index (χ4v) is 3.28. The van der Waals surface area contributed by atoms with E-state index in [0.29, 0.717) is 16.8 Å². The quantitative estimate of drug-likeness (QED) is 0.401. The number of aromatic nitrogens is 1. The van der Waals surface area contributed by atoms with Gasteiger partial charge >= 0.3 is 5.97 Å². The van der Waals surface area contributed by atoms with Gasteiger partial charge in [0.1, 0.15) is 0 Å². The zero-order valence-electron chi connectivity index (χ0n) is 17.0. The second-order valence-corrected chi connectivity index (χ2v) is 7.36. The number of nitrogens with zero attached hydrogens (tertiary/aromatic N) is 1. The number of esters is 1. The van der Waals surface area contributed by atoms with E-state index in [4.69, 9.17) is 9.47 Å². The average molecular weight is 460 g/mol. The molecule has 0 aliphatic carbocycles. The Morgan fingerprint density at radius 3 is 2.69 bits per heavy atom. The molecule has 166 valence electrons. The molecule has 2 N–H and O–H groups in total. The van der Waals surface area contributed by atoms with Gasteiger partial charge in [-0.05, 0) is 48.9 Å². The van der Waals surface area contributed by atoms with Crippen molar-refractivity contribution in [3.05, 3.63) is 65.1 Å². The van der Waals surface area contributed by atoms with Crippen LogP contribution in [0.25, 0.3) is 17.3 Å². The van der Waals surface area contributed by atoms with Crippen LogP contribution < -0.4 is 10.1 Å². The van der Waals surface area contributed by atoms with Crippen molar-refractivity contribution in [2.24, 2.45) is 0 Å². The summed E-state index contributed by atoms with van der Waals surface area (Å²) >= 11 is 1.09. The van der Waals surface area contributed by atoms with E-state index >= 15 is 0 Å². The number of hydrogen-bond acceptors (Lipinski definition) is 7. The molecule has 0 spiro atoms. The van der Waals surface area contributed by atoms with Gasteiger partial charge < -0.3 is 14.6 Å². The molecular formula is C22H18F2N2O5S. The molecule has 7 nitrogen and oxygen atoms in total. The zero-order valence-corrected chi connectivity index (χ0v) is 17.8. The Kier molecular flexibility index (Phi) is 7.16. The van der Waals surface area contributed by atoms with Crippen LogP contribution in [0.2, 0.25) is 0 Å². The topological polar surface area (TPSA) is 97.8 Å². The molecule has 32 heavy (non-hydrogen) atoms. The summed E-state index contributed by atoms with van der Waals surface area (Å²) in [5.41, 5.74) is 1.30. The fraction of sp³-hybridized carbons (Fsp3) is 0.136. The van der Waals surface area contributed by atoms with Crippen molar-refractivity contribution in [1.82, 2.24) is 4.98 Å². The van der Waals surface area contributed by atoms with E-state index in [0.717, 1.165) is 29.5 Å². The molecule has 10 heteroatoms. The maximum absolute atomic E-state index is 13.4. The number of rotatable bonds is 7. The summed E-state index contributed by atoms with van der Waals surface area (Å²) in [5, 5.41) is 13.9. The fourth-order valence-electron chi connectivity index (χ4n) is 2.56. The molecule has 0 saturated heterocycles. The highest BCUT2D eigenvalue weighted by atomic mass is 32.1. The lowest BCUT2D eigenvalue weighted by atomic mass is 10.2. The van der Waals surface area contributed by atoms with E-state index in [-0.39, 0.29) is 16.6 Å². The second kappa shape index (κ2) is 10.0. The average Bonchev–Trinajstić information content (AvgIpc) is 3.23. The van der Waals surface area contributed by atoms with Gasteiger partial charge in [-0.1, -0.05) is 6.07 Å². The molecule has 1 amide bonds. The molecule has 1 heterocycles. The highest BCUT2D eigenvalue weighted by Gasteiger charge is 2.18. The van der Waals surface area contributed by atoms with Crippen LogP contribution in [-0.2, 0) is 14.3 Å². The first-order valence-corrected chi connectivity index (χ1v) is 10.1. The molecule has 0 radical (unpaired) electrons. The molecule has 2 aromatic carbocycles. The van der Waals surface area contributed by atoms with Gasteiger partial charge in [0.15, 0.2) is 34.4 Å². The number of ether oxygens (including phenoxy) is 2. The van der Waals surface area contributed by atoms with Crippen molar-refractivity contribution >= 4 is 34.4 Å². The SMILES string of the molecule is COc1cc(C=CC(=O)OC(C)C(=O)Nc2nc(-c3ccc(F)c(F)c3)cs2)ccc1O. The molecule has 0 bridgehead atoms. The summed E-state index contributed by atoms with van der Waals surface area (Å²) in [5.74, 6) is -3.11. The van der Waals surface area contributed by atoms with E-state index in [1.54, 1.807) is 11.4 Å². The van der Waals surface area contributed by atoms with Crippen LogP contribution in [0.5, 0.6) is 11.5 Å². The molecule has 0 fully saturated rings. The lowest BCUT2D eigenvalue weighted by Crippen LogP contribution is -2.29. The Morgan fingerprint density at radius 2 is 1.97 bits per heavy atom. The van der Waals surface area contributed by atoms with Gasteiger partial charge in [0.25, 0.3) is 5.91 Å². The van der Waals surface area contributed by atoms with E-state index in [1.807, 2.05) is 0 Å². The molecule has 0 aliphatic rings. The van der Waals surface area contributed by atoms with Crippen molar-refractivity contribution in [2.45, 2.75) is 13.0 Å². The number of carbonyl (C=O) groups excluding carboxylic acids is 2. The number of phenols is 1. The van der Waals surface area contributed by atoms with Crippen LogP contribution >= 0.6 is 11.3 Å². The predicted octanol–water partition coefficient (Wildman–Crippen LogP) is 4.39. The summed E-state index contributed by atoms with van der Waals surface area (Å²) in [6.45, 7) is 1.40. The number of anilines is 1. The van der Waals surface area contributed by atoms with Gasteiger partial charge in [0, 0.05) is 17.0 Å². The van der Waals surface area contributed by atoms with Crippen LogP contribution in [0.15, 0.2) is 47.9 Å². The molecular weight excluding hydrogens is 442 g/mol. The third-order valence-electron chi connectivity index (χ3n) is 4.23. The van der Waals surface area contributed by atoms with Gasteiger partial charge in [-0.2, -0.15) is 0 Å². The summed E-state index contributed by atoms with van der Waals surface area (Å²) < 4.78 is 36.5. The summed E-state index contributed by atoms with van der Waals surface area (Å²) in [6, 6.07) is 7.90. The maximum Gasteiger partial charge on any atom is 0.331 e. The number of phenolic OH excluding ortho intramolecular Hbond substituents is 1.